The number of benzene rings is 2. The molecular formula is C24H35N. The maximum absolute atomic E-state index is 3.28. The largest absolute Gasteiger partial charge is 0.317 e. The van der Waals surface area contributed by atoms with Gasteiger partial charge in [-0.3, -0.25) is 0 Å². The third-order valence-corrected chi connectivity index (χ3v) is 5.21. The molecule has 1 aliphatic rings. The van der Waals surface area contributed by atoms with Crippen LogP contribution in [-0.4, -0.2) is 13.1 Å². The highest BCUT2D eigenvalue weighted by atomic mass is 14.8. The van der Waals surface area contributed by atoms with E-state index < -0.39 is 0 Å². The molecule has 0 unspecified atom stereocenters. The number of hydrogen-bond acceptors (Lipinski definition) is 1. The lowest BCUT2D eigenvalue weighted by molar-refractivity contribution is 0.346. The van der Waals surface area contributed by atoms with Crippen molar-refractivity contribution >= 4 is 0 Å². The molecule has 1 saturated carbocycles. The van der Waals surface area contributed by atoms with Gasteiger partial charge in [-0.2, -0.15) is 0 Å². The summed E-state index contributed by atoms with van der Waals surface area (Å²) in [5.74, 6) is 0. The van der Waals surface area contributed by atoms with Gasteiger partial charge in [0.1, 0.15) is 0 Å². The van der Waals surface area contributed by atoms with Gasteiger partial charge >= 0.3 is 0 Å². The molecule has 0 aromatic heterocycles. The zero-order chi connectivity index (χ0) is 17.8. The molecule has 0 saturated heterocycles. The summed E-state index contributed by atoms with van der Waals surface area (Å²) in [4.78, 5) is 0. The Morgan fingerprint density at radius 2 is 1.12 bits per heavy atom. The van der Waals surface area contributed by atoms with Crippen molar-refractivity contribution in [3.8, 4) is 0 Å². The van der Waals surface area contributed by atoms with Crippen LogP contribution in [0.3, 0.4) is 0 Å². The topological polar surface area (TPSA) is 12.0 Å². The summed E-state index contributed by atoms with van der Waals surface area (Å²) in [5, 5.41) is 3.28. The van der Waals surface area contributed by atoms with E-state index in [1.165, 1.54) is 69.2 Å². The summed E-state index contributed by atoms with van der Waals surface area (Å²) in [7, 11) is 0. The summed E-state index contributed by atoms with van der Waals surface area (Å²) in [6, 6.07) is 22.1. The lowest BCUT2D eigenvalue weighted by atomic mass is 9.65. The minimum atomic E-state index is 0.265. The summed E-state index contributed by atoms with van der Waals surface area (Å²) in [6.07, 6.45) is 9.18. The summed E-state index contributed by atoms with van der Waals surface area (Å²) >= 11 is 0. The van der Waals surface area contributed by atoms with E-state index in [0.717, 1.165) is 0 Å². The molecule has 25 heavy (non-hydrogen) atoms. The van der Waals surface area contributed by atoms with E-state index in [1.807, 2.05) is 0 Å². The van der Waals surface area contributed by atoms with Gasteiger partial charge in [0.05, 0.1) is 0 Å². The Hall–Kier alpha value is -1.60. The van der Waals surface area contributed by atoms with Crippen molar-refractivity contribution in [2.24, 2.45) is 0 Å². The van der Waals surface area contributed by atoms with Crippen LogP contribution in [0.4, 0.5) is 0 Å². The fourth-order valence-electron chi connectivity index (χ4n) is 3.89. The molecule has 0 radical (unpaired) electrons. The zero-order valence-corrected chi connectivity index (χ0v) is 16.1. The Labute approximate surface area is 154 Å². The van der Waals surface area contributed by atoms with Crippen molar-refractivity contribution in [1.82, 2.24) is 5.32 Å². The average molecular weight is 338 g/mol. The van der Waals surface area contributed by atoms with Gasteiger partial charge in [-0.25, -0.2) is 0 Å². The van der Waals surface area contributed by atoms with E-state index in [9.17, 15) is 0 Å². The molecule has 0 atom stereocenters. The van der Waals surface area contributed by atoms with Crippen LogP contribution in [0.5, 0.6) is 0 Å². The Kier molecular flexibility index (Phi) is 8.76. The lowest BCUT2D eigenvalue weighted by Crippen LogP contribution is -2.30. The SMILES string of the molecule is CCCNCCC.c1ccc(C2(c3ccccc3)CCCCC2)cc1. The average Bonchev–Trinajstić information content (AvgIpc) is 2.71. The van der Waals surface area contributed by atoms with Crippen molar-refractivity contribution in [2.75, 3.05) is 13.1 Å². The second-order valence-electron chi connectivity index (χ2n) is 7.12. The molecule has 3 rings (SSSR count). The van der Waals surface area contributed by atoms with Crippen molar-refractivity contribution in [3.05, 3.63) is 71.8 Å². The molecule has 0 bridgehead atoms. The fourth-order valence-corrected chi connectivity index (χ4v) is 3.89. The maximum Gasteiger partial charge on any atom is 0.0202 e. The van der Waals surface area contributed by atoms with E-state index in [-0.39, 0.29) is 5.41 Å². The third-order valence-electron chi connectivity index (χ3n) is 5.21. The summed E-state index contributed by atoms with van der Waals surface area (Å²) in [5.41, 5.74) is 3.26. The molecule has 1 aliphatic carbocycles. The van der Waals surface area contributed by atoms with Gasteiger partial charge < -0.3 is 5.32 Å². The predicted molar refractivity (Wildman–Crippen MR) is 110 cm³/mol. The monoisotopic (exact) mass is 337 g/mol. The van der Waals surface area contributed by atoms with E-state index in [4.69, 9.17) is 0 Å². The molecule has 0 aliphatic heterocycles. The summed E-state index contributed by atoms with van der Waals surface area (Å²) in [6.45, 7) is 6.72. The van der Waals surface area contributed by atoms with Gasteiger partial charge in [-0.15, -0.1) is 0 Å². The maximum atomic E-state index is 3.28. The second kappa shape index (κ2) is 11.1. The number of rotatable bonds is 6. The van der Waals surface area contributed by atoms with Gasteiger partial charge in [-0.1, -0.05) is 93.8 Å². The van der Waals surface area contributed by atoms with Gasteiger partial charge in [0.15, 0.2) is 0 Å². The molecule has 0 spiro atoms. The van der Waals surface area contributed by atoms with E-state index in [1.54, 1.807) is 0 Å². The normalized spacial score (nSPS) is 15.9. The van der Waals surface area contributed by atoms with Crippen LogP contribution in [0.15, 0.2) is 60.7 Å². The molecule has 0 heterocycles. The third kappa shape index (κ3) is 5.71. The van der Waals surface area contributed by atoms with Crippen LogP contribution < -0.4 is 5.32 Å². The Balaban J connectivity index is 0.000000277. The molecule has 1 fully saturated rings. The van der Waals surface area contributed by atoms with Gasteiger partial charge in [0.2, 0.25) is 0 Å². The molecule has 1 heteroatoms. The molecule has 2 aromatic carbocycles. The van der Waals surface area contributed by atoms with Crippen LogP contribution in [0.2, 0.25) is 0 Å². The first-order chi connectivity index (χ1) is 12.3. The highest BCUT2D eigenvalue weighted by Crippen LogP contribution is 2.44. The predicted octanol–water partition coefficient (Wildman–Crippen LogP) is 6.33. The first-order valence-corrected chi connectivity index (χ1v) is 10.1. The van der Waals surface area contributed by atoms with Gasteiger partial charge in [0.25, 0.3) is 0 Å². The van der Waals surface area contributed by atoms with Crippen LogP contribution >= 0.6 is 0 Å². The fraction of sp³-hybridized carbons (Fsp3) is 0.500. The highest BCUT2D eigenvalue weighted by Gasteiger charge is 2.35. The minimum Gasteiger partial charge on any atom is -0.317 e. The first-order valence-electron chi connectivity index (χ1n) is 10.1. The molecular weight excluding hydrogens is 302 g/mol. The minimum absolute atomic E-state index is 0.265. The second-order valence-corrected chi connectivity index (χ2v) is 7.12. The summed E-state index contributed by atoms with van der Waals surface area (Å²) < 4.78 is 0. The molecule has 0 amide bonds. The first kappa shape index (κ1) is 19.7. The van der Waals surface area contributed by atoms with Crippen molar-refractivity contribution in [1.29, 1.82) is 0 Å². The van der Waals surface area contributed by atoms with Crippen molar-refractivity contribution < 1.29 is 0 Å². The molecule has 1 N–H and O–H groups in total. The Morgan fingerprint density at radius 3 is 1.52 bits per heavy atom. The zero-order valence-electron chi connectivity index (χ0n) is 16.1. The van der Waals surface area contributed by atoms with Crippen molar-refractivity contribution in [3.63, 3.8) is 0 Å². The highest BCUT2D eigenvalue weighted by molar-refractivity contribution is 5.39. The lowest BCUT2D eigenvalue weighted by Gasteiger charge is -2.38. The molecule has 2 aromatic rings. The van der Waals surface area contributed by atoms with Gasteiger partial charge in [0, 0.05) is 5.41 Å². The van der Waals surface area contributed by atoms with Crippen LogP contribution in [0, 0.1) is 0 Å². The van der Waals surface area contributed by atoms with E-state index >= 15 is 0 Å². The molecule has 1 nitrogen and oxygen atoms in total. The Bertz CT molecular complexity index is 510. The van der Waals surface area contributed by atoms with Crippen molar-refractivity contribution in [2.45, 2.75) is 64.2 Å². The molecule has 136 valence electrons. The number of hydrogen-bond donors (Lipinski definition) is 1. The Morgan fingerprint density at radius 1 is 0.680 bits per heavy atom. The van der Waals surface area contributed by atoms with Gasteiger partial charge in [-0.05, 0) is 49.9 Å². The smallest absolute Gasteiger partial charge is 0.0202 e. The van der Waals surface area contributed by atoms with Crippen LogP contribution in [0.1, 0.15) is 69.9 Å². The van der Waals surface area contributed by atoms with Crippen LogP contribution in [0.25, 0.3) is 0 Å². The van der Waals surface area contributed by atoms with E-state index in [2.05, 4.69) is 79.8 Å². The van der Waals surface area contributed by atoms with Crippen LogP contribution in [-0.2, 0) is 5.41 Å². The van der Waals surface area contributed by atoms with E-state index in [0.29, 0.717) is 0 Å². The standard InChI is InChI=1S/C18H20.C6H15N/c1-4-10-16(11-5-1)18(14-8-3-9-15-18)17-12-6-2-7-13-17;1-3-5-7-6-4-2/h1-2,4-7,10-13H,3,8-9,14-15H2;7H,3-6H2,1-2H3. The quantitative estimate of drug-likeness (QED) is 0.607. The number of nitrogens with one attached hydrogen (secondary N) is 1.